The van der Waals surface area contributed by atoms with Crippen LogP contribution in [0.5, 0.6) is 0 Å². The van der Waals surface area contributed by atoms with Crippen molar-refractivity contribution in [3.8, 4) is 21.1 Å². The molecule has 394 valence electrons. The quantitative estimate of drug-likeness (QED) is 0.0480. The summed E-state index contributed by atoms with van der Waals surface area (Å²) in [5.41, 5.74) is 12.7. The van der Waals surface area contributed by atoms with Gasteiger partial charge < -0.3 is 21.8 Å². The summed E-state index contributed by atoms with van der Waals surface area (Å²) in [6.07, 6.45) is 0. The van der Waals surface area contributed by atoms with Crippen molar-refractivity contribution in [3.63, 3.8) is 0 Å². The summed E-state index contributed by atoms with van der Waals surface area (Å²) < 4.78 is 2.39. The van der Waals surface area contributed by atoms with Crippen LogP contribution < -0.4 is 118 Å². The van der Waals surface area contributed by atoms with Gasteiger partial charge in [-0.25, -0.2) is 9.97 Å². The number of carbonyl (C=O) groups excluding carboxylic acids is 1. The van der Waals surface area contributed by atoms with E-state index in [1.54, 1.807) is 22.7 Å². The molecule has 0 atom stereocenters. The first-order valence-corrected chi connectivity index (χ1v) is 28.0. The number of halogens is 5. The van der Waals surface area contributed by atoms with Gasteiger partial charge in [-0.15, -0.1) is 22.7 Å². The molecule has 0 unspecified atom stereocenters. The Hall–Kier alpha value is -2.52. The fraction of sp³-hybridized carbons (Fsp3) is 0.177. The number of benzene rings is 8. The third-order valence-electron chi connectivity index (χ3n) is 11.7. The molecule has 7 nitrogen and oxygen atoms in total. The van der Waals surface area contributed by atoms with Crippen molar-refractivity contribution in [3.05, 3.63) is 224 Å². The zero-order valence-electron chi connectivity index (χ0n) is 45.1. The van der Waals surface area contributed by atoms with Gasteiger partial charge in [-0.05, 0) is 130 Å². The molecule has 0 bridgehead atoms. The van der Waals surface area contributed by atoms with E-state index < -0.39 is 0 Å². The van der Waals surface area contributed by atoms with Crippen LogP contribution in [0.25, 0.3) is 41.6 Å². The predicted molar refractivity (Wildman–Crippen MR) is 330 cm³/mol. The average Bonchev–Trinajstić information content (AvgIpc) is 4.07. The molecule has 0 aliphatic rings. The van der Waals surface area contributed by atoms with Crippen LogP contribution in [0.2, 0.25) is 20.1 Å². The molecule has 2 aromatic heterocycles. The molecule has 8 aromatic carbocycles. The number of fused-ring (bicyclic) bond motifs is 2. The number of anilines is 4. The maximum atomic E-state index is 8.64. The Morgan fingerprint density at radius 3 is 1.46 bits per heavy atom. The van der Waals surface area contributed by atoms with E-state index in [-0.39, 0.29) is 129 Å². The third kappa shape index (κ3) is 19.0. The Balaban J connectivity index is 0.000000333. The fourth-order valence-electron chi connectivity index (χ4n) is 7.59. The number of carbonyl (C=O) groups is 1. The summed E-state index contributed by atoms with van der Waals surface area (Å²) in [5, 5.41) is 17.0. The number of thiazole rings is 2. The molecule has 2 heterocycles. The maximum absolute atomic E-state index is 8.64. The number of nitrogens with one attached hydrogen (secondary N) is 1. The van der Waals surface area contributed by atoms with Gasteiger partial charge in [0.15, 0.2) is 0 Å². The predicted octanol–water partition coefficient (Wildman–Crippen LogP) is 14.0. The summed E-state index contributed by atoms with van der Waals surface area (Å²) in [4.78, 5) is 23.0. The van der Waals surface area contributed by atoms with E-state index in [1.807, 2.05) is 72.8 Å². The summed E-state index contributed by atoms with van der Waals surface area (Å²) >= 11 is 33.0. The first-order chi connectivity index (χ1) is 35.9. The van der Waals surface area contributed by atoms with Crippen molar-refractivity contribution < 1.29 is 119 Å². The Morgan fingerprint density at radius 1 is 0.603 bits per heavy atom. The number of rotatable bonds is 10. The van der Waals surface area contributed by atoms with Gasteiger partial charge >= 0.3 is 103 Å². The molecular formula is C62H59BrCl4K2N4O3S2. The molecule has 0 spiro atoms. The molecule has 0 saturated carbocycles. The normalized spacial score (nSPS) is 10.7. The van der Waals surface area contributed by atoms with E-state index in [2.05, 4.69) is 182 Å². The number of hydrogen-bond acceptors (Lipinski definition) is 9. The van der Waals surface area contributed by atoms with Crippen LogP contribution in [0.3, 0.4) is 0 Å². The van der Waals surface area contributed by atoms with E-state index in [0.29, 0.717) is 26.6 Å². The SMILES string of the molecule is BrCc1ccccc1.C.CC(C)(C)c1cc(Cl)c(Cl)c(N(Cc2ccccc2)c2ccc(-c3nc4ccccc4s3)cc2)c1.CC(C)(C)c1cc(Cl)c(Cl)c(Nc2ccc(-c3nc4ccccc4s3)cc2)c1.O=CO[O-].[H-].[K+].[K+]. The van der Waals surface area contributed by atoms with Gasteiger partial charge in [-0.2, -0.15) is 0 Å². The third-order valence-corrected chi connectivity index (χ3v) is 16.1. The van der Waals surface area contributed by atoms with Gasteiger partial charge in [-0.1, -0.05) is 196 Å². The van der Waals surface area contributed by atoms with Crippen molar-refractivity contribution in [1.82, 2.24) is 9.97 Å². The van der Waals surface area contributed by atoms with Crippen LogP contribution in [0.15, 0.2) is 182 Å². The summed E-state index contributed by atoms with van der Waals surface area (Å²) in [5.74, 6) is 0. The number of nitrogens with zero attached hydrogens (tertiary/aromatic N) is 3. The van der Waals surface area contributed by atoms with Crippen molar-refractivity contribution in [2.24, 2.45) is 0 Å². The molecule has 0 saturated heterocycles. The van der Waals surface area contributed by atoms with E-state index in [1.165, 1.54) is 20.5 Å². The van der Waals surface area contributed by atoms with Crippen molar-refractivity contribution in [1.29, 1.82) is 0 Å². The van der Waals surface area contributed by atoms with E-state index in [4.69, 9.17) is 66.4 Å². The monoisotopic (exact) mass is 1270 g/mol. The van der Waals surface area contributed by atoms with Crippen molar-refractivity contribution in [2.75, 3.05) is 10.2 Å². The average molecular weight is 1270 g/mol. The summed E-state index contributed by atoms with van der Waals surface area (Å²) in [7, 11) is 0. The molecule has 10 aromatic rings. The number of hydrogen-bond donors (Lipinski definition) is 1. The molecular weight excluding hydrogens is 1210 g/mol. The van der Waals surface area contributed by atoms with Crippen molar-refractivity contribution in [2.45, 2.75) is 71.7 Å². The van der Waals surface area contributed by atoms with Crippen LogP contribution in [0.4, 0.5) is 22.7 Å². The number of alkyl halides is 1. The van der Waals surface area contributed by atoms with E-state index >= 15 is 0 Å². The second kappa shape index (κ2) is 32.4. The first-order valence-electron chi connectivity index (χ1n) is 23.8. The molecule has 0 radical (unpaired) electrons. The zero-order valence-corrected chi connectivity index (χ0v) is 56.6. The Labute approximate surface area is 582 Å². The molecule has 0 aliphatic heterocycles. The minimum atomic E-state index is -0.181. The standard InChI is InChI=1S/C30H26Cl2N2S.C23H20Cl2N2S.C7H7Br.CH2O3.CH4.2K.H/c1-30(2,3)22-17-24(31)28(32)26(18-22)34(19-20-9-5-4-6-10-20)23-15-13-21(14-16-23)29-33-25-11-7-8-12-27(25)35-29;1-23(2,3)15-12-17(24)21(25)19(13-15)26-16-10-8-14(9-11-16)22-27-18-6-4-5-7-20(18)28-22;8-6-7-4-2-1-3-5-7;2-1-4-3;;;;/h4-18H,19H2,1-3H3;4-13,26H,1-3H3;1-5H,6H2;1,3H;1H4;;;/q;;;;;2*+1;-1/p-1. The zero-order chi connectivity index (χ0) is 53.7. The van der Waals surface area contributed by atoms with Crippen LogP contribution in [-0.2, 0) is 32.4 Å². The van der Waals surface area contributed by atoms with Gasteiger partial charge in [0.2, 0.25) is 0 Å². The summed E-state index contributed by atoms with van der Waals surface area (Å²) in [6.45, 7) is 13.5. The fourth-order valence-corrected chi connectivity index (χ4v) is 10.7. The van der Waals surface area contributed by atoms with E-state index in [9.17, 15) is 0 Å². The van der Waals surface area contributed by atoms with Crippen LogP contribution in [0, 0.1) is 0 Å². The van der Waals surface area contributed by atoms with Gasteiger partial charge in [0.1, 0.15) is 10.0 Å². The van der Waals surface area contributed by atoms with E-state index in [0.717, 1.165) is 71.4 Å². The van der Waals surface area contributed by atoms with Crippen LogP contribution >= 0.6 is 85.0 Å². The van der Waals surface area contributed by atoms with Gasteiger partial charge in [-0.3, -0.25) is 4.79 Å². The maximum Gasteiger partial charge on any atom is 1.00 e. The molecule has 0 fully saturated rings. The first kappa shape index (κ1) is 68.0. The second-order valence-corrected chi connectivity index (χ2v) is 23.4. The molecule has 16 heteroatoms. The van der Waals surface area contributed by atoms with Gasteiger partial charge in [0.05, 0.1) is 51.9 Å². The van der Waals surface area contributed by atoms with Crippen molar-refractivity contribution >= 4 is 135 Å². The molecule has 1 N–H and O–H groups in total. The van der Waals surface area contributed by atoms with Crippen LogP contribution in [-0.4, -0.2) is 16.4 Å². The molecule has 0 aliphatic carbocycles. The smallest absolute Gasteiger partial charge is 1.00 e. The second-order valence-electron chi connectivity index (χ2n) is 19.2. The molecule has 78 heavy (non-hydrogen) atoms. The minimum Gasteiger partial charge on any atom is -1.00 e. The molecule has 0 amide bonds. The summed E-state index contributed by atoms with van der Waals surface area (Å²) in [6, 6.07) is 62.0. The topological polar surface area (TPSA) is 90.4 Å². The van der Waals surface area contributed by atoms with Gasteiger partial charge in [0, 0.05) is 34.4 Å². The van der Waals surface area contributed by atoms with Gasteiger partial charge in [0.25, 0.3) is 6.47 Å². The molecule has 10 rings (SSSR count). The minimum absolute atomic E-state index is 0. The number of aromatic nitrogens is 2. The Bertz CT molecular complexity index is 3410. The number of para-hydroxylation sites is 2. The Kier molecular flexibility index (Phi) is 28.2. The Morgan fingerprint density at radius 2 is 1.03 bits per heavy atom. The van der Waals surface area contributed by atoms with Crippen LogP contribution in [0.1, 0.15) is 72.6 Å². The largest absolute Gasteiger partial charge is 1.00 e.